The van der Waals surface area contributed by atoms with E-state index in [1.807, 2.05) is 37.6 Å². The van der Waals surface area contributed by atoms with E-state index in [1.54, 1.807) is 18.6 Å². The maximum Gasteiger partial charge on any atom is 0.631 e. The smallest absolute Gasteiger partial charge is 0.402 e. The highest BCUT2D eigenvalue weighted by atomic mass is 16.5. The third-order valence-electron chi connectivity index (χ3n) is 3.12. The molecule has 0 atom stereocenters. The van der Waals surface area contributed by atoms with Crippen LogP contribution in [0.4, 0.5) is 0 Å². The first-order valence-corrected chi connectivity index (χ1v) is 9.44. The molecule has 0 unspecified atom stereocenters. The van der Waals surface area contributed by atoms with Crippen LogP contribution in [-0.4, -0.2) is 51.0 Å². The molecule has 28 heavy (non-hydrogen) atoms. The van der Waals surface area contributed by atoms with Crippen molar-refractivity contribution in [1.82, 2.24) is 28.7 Å². The fourth-order valence-corrected chi connectivity index (χ4v) is 2.03. The minimum absolute atomic E-state index is 1.08. The van der Waals surface area contributed by atoms with Gasteiger partial charge in [-0.05, 0) is 19.3 Å². The number of hydrogen-bond acceptors (Lipinski definition) is 6. The second kappa shape index (κ2) is 18.0. The summed E-state index contributed by atoms with van der Waals surface area (Å²) in [7, 11) is -2.17. The summed E-state index contributed by atoms with van der Waals surface area (Å²) in [4.78, 5) is 11.7. The van der Waals surface area contributed by atoms with Crippen LogP contribution < -0.4 is 0 Å². The largest absolute Gasteiger partial charge is 0.631 e. The van der Waals surface area contributed by atoms with Crippen LogP contribution in [0.5, 0.6) is 0 Å². The van der Waals surface area contributed by atoms with Crippen molar-refractivity contribution >= 4 is 7.32 Å². The Morgan fingerprint density at radius 2 is 0.857 bits per heavy atom. The molecular formula is C18H33BN6O3. The zero-order valence-electron chi connectivity index (χ0n) is 17.0. The van der Waals surface area contributed by atoms with Crippen LogP contribution in [0.1, 0.15) is 40.0 Å². The van der Waals surface area contributed by atoms with Crippen LogP contribution in [0.2, 0.25) is 0 Å². The molecule has 10 heteroatoms. The van der Waals surface area contributed by atoms with Gasteiger partial charge in [0, 0.05) is 56.8 Å². The minimum atomic E-state index is -2.17. The third kappa shape index (κ3) is 15.8. The Morgan fingerprint density at radius 1 is 0.607 bits per heavy atom. The normalized spacial score (nSPS) is 9.21. The molecule has 0 saturated heterocycles. The molecule has 156 valence electrons. The van der Waals surface area contributed by atoms with Crippen molar-refractivity contribution in [1.29, 1.82) is 0 Å². The summed E-state index contributed by atoms with van der Waals surface area (Å²) in [6.07, 6.45) is 20.4. The molecule has 0 saturated carbocycles. The molecule has 0 aliphatic heterocycles. The van der Waals surface area contributed by atoms with Gasteiger partial charge in [0.2, 0.25) is 0 Å². The van der Waals surface area contributed by atoms with Gasteiger partial charge in [0.05, 0.1) is 19.0 Å². The SMILES string of the molecule is CCCn1ccnc1.CCCn1ccnc1.CCCn1ccnc1.OB(O)O. The van der Waals surface area contributed by atoms with E-state index in [4.69, 9.17) is 15.1 Å². The molecule has 0 radical (unpaired) electrons. The quantitative estimate of drug-likeness (QED) is 0.552. The fourth-order valence-electron chi connectivity index (χ4n) is 2.03. The Morgan fingerprint density at radius 3 is 1.00 bits per heavy atom. The lowest BCUT2D eigenvalue weighted by Crippen LogP contribution is -2.07. The van der Waals surface area contributed by atoms with Gasteiger partial charge in [0.15, 0.2) is 0 Å². The average Bonchev–Trinajstić information content (AvgIpc) is 3.40. The van der Waals surface area contributed by atoms with Gasteiger partial charge in [-0.3, -0.25) is 0 Å². The number of rotatable bonds is 6. The van der Waals surface area contributed by atoms with Crippen molar-refractivity contribution in [3.05, 3.63) is 56.2 Å². The van der Waals surface area contributed by atoms with Crippen LogP contribution in [0.3, 0.4) is 0 Å². The van der Waals surface area contributed by atoms with E-state index in [0.29, 0.717) is 0 Å². The maximum atomic E-state index is 7.17. The summed E-state index contributed by atoms with van der Waals surface area (Å²) < 4.78 is 6.21. The number of nitrogens with zero attached hydrogens (tertiary/aromatic N) is 6. The van der Waals surface area contributed by atoms with Gasteiger partial charge in [-0.1, -0.05) is 20.8 Å². The standard InChI is InChI=1S/3C6H10N2.BH3O3/c3*1-2-4-8-5-3-7-6-8;2-1(3)4/h3*3,5-6H,2,4H2,1H3;2-4H. The predicted molar refractivity (Wildman–Crippen MR) is 110 cm³/mol. The third-order valence-corrected chi connectivity index (χ3v) is 3.12. The van der Waals surface area contributed by atoms with E-state index in [-0.39, 0.29) is 0 Å². The van der Waals surface area contributed by atoms with Gasteiger partial charge >= 0.3 is 7.32 Å². The summed E-state index contributed by atoms with van der Waals surface area (Å²) >= 11 is 0. The molecule has 0 spiro atoms. The number of aromatic nitrogens is 6. The van der Waals surface area contributed by atoms with E-state index >= 15 is 0 Å². The molecule has 0 aliphatic carbocycles. The van der Waals surface area contributed by atoms with Crippen molar-refractivity contribution < 1.29 is 15.1 Å². The zero-order valence-corrected chi connectivity index (χ0v) is 17.0. The van der Waals surface area contributed by atoms with Crippen LogP contribution in [0, 0.1) is 0 Å². The predicted octanol–water partition coefficient (Wildman–Crippen LogP) is 1.83. The monoisotopic (exact) mass is 392 g/mol. The van der Waals surface area contributed by atoms with Gasteiger partial charge in [0.25, 0.3) is 0 Å². The van der Waals surface area contributed by atoms with Gasteiger partial charge in [-0.15, -0.1) is 0 Å². The van der Waals surface area contributed by atoms with E-state index in [9.17, 15) is 0 Å². The molecule has 9 nitrogen and oxygen atoms in total. The first-order chi connectivity index (χ1) is 13.5. The molecule has 0 bridgehead atoms. The fraction of sp³-hybridized carbons (Fsp3) is 0.500. The topological polar surface area (TPSA) is 114 Å². The van der Waals surface area contributed by atoms with Crippen LogP contribution >= 0.6 is 0 Å². The molecule has 3 aromatic rings. The van der Waals surface area contributed by atoms with Gasteiger partial charge in [0.1, 0.15) is 0 Å². The summed E-state index contributed by atoms with van der Waals surface area (Å²) in [6.45, 7) is 9.71. The Hall–Kier alpha value is -2.43. The van der Waals surface area contributed by atoms with E-state index in [0.717, 1.165) is 19.6 Å². The summed E-state index contributed by atoms with van der Waals surface area (Å²) in [5.41, 5.74) is 0. The van der Waals surface area contributed by atoms with Gasteiger partial charge in [-0.2, -0.15) is 0 Å². The molecular weight excluding hydrogens is 359 g/mol. The average molecular weight is 392 g/mol. The lowest BCUT2D eigenvalue weighted by molar-refractivity contribution is 0.278. The lowest BCUT2D eigenvalue weighted by Gasteiger charge is -1.93. The Bertz CT molecular complexity index is 541. The molecule has 0 aliphatic rings. The number of imidazole rings is 3. The van der Waals surface area contributed by atoms with Crippen LogP contribution in [0.25, 0.3) is 0 Å². The summed E-state index contributed by atoms with van der Waals surface area (Å²) in [6, 6.07) is 0. The van der Waals surface area contributed by atoms with Gasteiger partial charge in [-0.25, -0.2) is 15.0 Å². The highest BCUT2D eigenvalue weighted by molar-refractivity contribution is 6.30. The van der Waals surface area contributed by atoms with Crippen molar-refractivity contribution in [2.45, 2.75) is 59.7 Å². The Balaban J connectivity index is 0.000000358. The summed E-state index contributed by atoms with van der Waals surface area (Å²) in [5.74, 6) is 0. The second-order valence-corrected chi connectivity index (χ2v) is 5.75. The highest BCUT2D eigenvalue weighted by Crippen LogP contribution is 1.88. The van der Waals surface area contributed by atoms with Crippen LogP contribution in [-0.2, 0) is 19.6 Å². The lowest BCUT2D eigenvalue weighted by atomic mass is 10.3. The van der Waals surface area contributed by atoms with Crippen molar-refractivity contribution in [2.24, 2.45) is 0 Å². The highest BCUT2D eigenvalue weighted by Gasteiger charge is 1.92. The second-order valence-electron chi connectivity index (χ2n) is 5.75. The van der Waals surface area contributed by atoms with Crippen molar-refractivity contribution in [3.63, 3.8) is 0 Å². The van der Waals surface area contributed by atoms with E-state index in [1.165, 1.54) is 19.3 Å². The number of aryl methyl sites for hydroxylation is 3. The number of hydrogen-bond donors (Lipinski definition) is 3. The molecule has 3 N–H and O–H groups in total. The van der Waals surface area contributed by atoms with Crippen molar-refractivity contribution in [3.8, 4) is 0 Å². The molecule has 3 rings (SSSR count). The first-order valence-electron chi connectivity index (χ1n) is 9.44. The maximum absolute atomic E-state index is 7.17. The zero-order chi connectivity index (χ0) is 21.0. The van der Waals surface area contributed by atoms with E-state index in [2.05, 4.69) is 49.4 Å². The molecule has 0 aromatic carbocycles. The summed E-state index contributed by atoms with van der Waals surface area (Å²) in [5, 5.41) is 21.5. The Kier molecular flexibility index (Phi) is 16.4. The first kappa shape index (κ1) is 25.6. The molecule has 0 fully saturated rings. The minimum Gasteiger partial charge on any atom is -0.402 e. The molecule has 3 heterocycles. The van der Waals surface area contributed by atoms with Gasteiger partial charge < -0.3 is 28.8 Å². The molecule has 3 aromatic heterocycles. The van der Waals surface area contributed by atoms with Crippen LogP contribution in [0.15, 0.2) is 56.2 Å². The Labute approximate surface area is 167 Å². The molecule has 0 amide bonds. The van der Waals surface area contributed by atoms with E-state index < -0.39 is 7.32 Å². The van der Waals surface area contributed by atoms with Crippen molar-refractivity contribution in [2.75, 3.05) is 0 Å².